The van der Waals surface area contributed by atoms with Crippen LogP contribution in [0.15, 0.2) is 29.4 Å². The molecule has 0 aliphatic rings. The Morgan fingerprint density at radius 2 is 2.08 bits per heavy atom. The third kappa shape index (κ3) is 2.82. The van der Waals surface area contributed by atoms with Crippen LogP contribution in [0.25, 0.3) is 10.2 Å². The van der Waals surface area contributed by atoms with Crippen molar-refractivity contribution in [3.63, 3.8) is 0 Å². The molecule has 0 radical (unpaired) electrons. The van der Waals surface area contributed by atoms with E-state index >= 15 is 0 Å². The van der Waals surface area contributed by atoms with Gasteiger partial charge in [-0.25, -0.2) is 0 Å². The molecule has 0 aliphatic heterocycles. The average Bonchev–Trinajstić information content (AvgIpc) is 3.11. The highest BCUT2D eigenvalue weighted by atomic mass is 32.1. The van der Waals surface area contributed by atoms with Crippen LogP contribution in [0.1, 0.15) is 48.4 Å². The Kier molecular flexibility index (Phi) is 4.41. The van der Waals surface area contributed by atoms with Gasteiger partial charge in [0.25, 0.3) is 5.91 Å². The first-order valence-corrected chi connectivity index (χ1v) is 8.97. The number of hydrogen-bond acceptors (Lipinski definition) is 3. The average molecular weight is 342 g/mol. The van der Waals surface area contributed by atoms with Gasteiger partial charge in [0, 0.05) is 18.8 Å². The van der Waals surface area contributed by atoms with E-state index < -0.39 is 0 Å². The molecule has 6 heteroatoms. The van der Waals surface area contributed by atoms with Gasteiger partial charge in [0.15, 0.2) is 4.80 Å². The van der Waals surface area contributed by atoms with Crippen molar-refractivity contribution in [3.05, 3.63) is 46.0 Å². The fraction of sp³-hybridized carbons (Fsp3) is 0.389. The maximum Gasteiger partial charge on any atom is 0.297 e. The van der Waals surface area contributed by atoms with Crippen LogP contribution in [0.3, 0.4) is 0 Å². The zero-order valence-corrected chi connectivity index (χ0v) is 15.5. The van der Waals surface area contributed by atoms with Crippen molar-refractivity contribution in [1.29, 1.82) is 0 Å². The fourth-order valence-electron chi connectivity index (χ4n) is 2.94. The van der Waals surface area contributed by atoms with E-state index in [9.17, 15) is 4.79 Å². The molecule has 5 nitrogen and oxygen atoms in total. The first kappa shape index (κ1) is 16.6. The summed E-state index contributed by atoms with van der Waals surface area (Å²) in [6.45, 7) is 11.0. The van der Waals surface area contributed by atoms with Crippen molar-refractivity contribution in [3.8, 4) is 0 Å². The van der Waals surface area contributed by atoms with Gasteiger partial charge in [-0.3, -0.25) is 9.48 Å². The van der Waals surface area contributed by atoms with E-state index in [1.165, 1.54) is 15.8 Å². The summed E-state index contributed by atoms with van der Waals surface area (Å²) >= 11 is 1.57. The quantitative estimate of drug-likeness (QED) is 0.726. The van der Waals surface area contributed by atoms with E-state index in [4.69, 9.17) is 0 Å². The number of carbonyl (C=O) groups is 1. The Hall–Kier alpha value is -2.21. The van der Waals surface area contributed by atoms with E-state index in [0.717, 1.165) is 16.9 Å². The predicted molar refractivity (Wildman–Crippen MR) is 97.5 cm³/mol. The number of benzene rings is 1. The molecular formula is C18H22N4OS. The monoisotopic (exact) mass is 342 g/mol. The van der Waals surface area contributed by atoms with Crippen LogP contribution in [0.2, 0.25) is 0 Å². The number of aromatic nitrogens is 3. The summed E-state index contributed by atoms with van der Waals surface area (Å²) in [4.78, 5) is 17.8. The molecule has 0 saturated heterocycles. The van der Waals surface area contributed by atoms with E-state index in [1.54, 1.807) is 28.3 Å². The van der Waals surface area contributed by atoms with Crippen LogP contribution >= 0.6 is 11.3 Å². The highest BCUT2D eigenvalue weighted by Gasteiger charge is 2.15. The SMILES string of the molecule is CCn1c(=NC(=O)c2ccnn2C(C)C)sc2c(C)cc(C)cc21. The largest absolute Gasteiger partial charge is 0.317 e. The van der Waals surface area contributed by atoms with Crippen molar-refractivity contribution in [1.82, 2.24) is 14.3 Å². The van der Waals surface area contributed by atoms with Crippen molar-refractivity contribution in [2.75, 3.05) is 0 Å². The summed E-state index contributed by atoms with van der Waals surface area (Å²) < 4.78 is 5.00. The zero-order valence-electron chi connectivity index (χ0n) is 14.7. The van der Waals surface area contributed by atoms with Gasteiger partial charge in [-0.2, -0.15) is 10.1 Å². The van der Waals surface area contributed by atoms with Crippen LogP contribution in [0, 0.1) is 13.8 Å². The number of hydrogen-bond donors (Lipinski definition) is 0. The van der Waals surface area contributed by atoms with Gasteiger partial charge in [-0.05, 0) is 57.9 Å². The van der Waals surface area contributed by atoms with Gasteiger partial charge < -0.3 is 4.57 Å². The molecule has 1 aromatic carbocycles. The van der Waals surface area contributed by atoms with Crippen LogP contribution in [0.4, 0.5) is 0 Å². The molecule has 3 rings (SSSR count). The highest BCUT2D eigenvalue weighted by Crippen LogP contribution is 2.23. The Morgan fingerprint density at radius 3 is 2.75 bits per heavy atom. The Morgan fingerprint density at radius 1 is 1.33 bits per heavy atom. The van der Waals surface area contributed by atoms with Crippen LogP contribution < -0.4 is 4.80 Å². The second-order valence-corrected chi connectivity index (χ2v) is 7.21. The van der Waals surface area contributed by atoms with Gasteiger partial charge in [0.05, 0.1) is 10.2 Å². The molecule has 126 valence electrons. The van der Waals surface area contributed by atoms with Crippen LogP contribution in [-0.2, 0) is 6.54 Å². The number of rotatable bonds is 3. The van der Waals surface area contributed by atoms with E-state index in [-0.39, 0.29) is 11.9 Å². The first-order valence-electron chi connectivity index (χ1n) is 8.15. The third-order valence-electron chi connectivity index (χ3n) is 4.01. The van der Waals surface area contributed by atoms with Crippen molar-refractivity contribution < 1.29 is 4.79 Å². The molecule has 0 aliphatic carbocycles. The van der Waals surface area contributed by atoms with E-state index in [0.29, 0.717) is 5.69 Å². The number of nitrogens with zero attached hydrogens (tertiary/aromatic N) is 4. The Bertz CT molecular complexity index is 975. The summed E-state index contributed by atoms with van der Waals surface area (Å²) in [6, 6.07) is 6.17. The number of carbonyl (C=O) groups excluding carboxylic acids is 1. The number of thiazole rings is 1. The zero-order chi connectivity index (χ0) is 17.4. The minimum Gasteiger partial charge on any atom is -0.317 e. The molecule has 0 N–H and O–H groups in total. The first-order chi connectivity index (χ1) is 11.4. The molecule has 0 fully saturated rings. The summed E-state index contributed by atoms with van der Waals surface area (Å²) in [5.74, 6) is -0.246. The van der Waals surface area contributed by atoms with Crippen LogP contribution in [0.5, 0.6) is 0 Å². The van der Waals surface area contributed by atoms with E-state index in [2.05, 4.69) is 47.6 Å². The lowest BCUT2D eigenvalue weighted by atomic mass is 10.1. The molecule has 3 aromatic rings. The Balaban J connectivity index is 2.18. The summed E-state index contributed by atoms with van der Waals surface area (Å²) in [5, 5.41) is 4.22. The normalized spacial score (nSPS) is 12.5. The topological polar surface area (TPSA) is 52.2 Å². The number of amides is 1. The van der Waals surface area contributed by atoms with Crippen LogP contribution in [-0.4, -0.2) is 20.3 Å². The van der Waals surface area contributed by atoms with Crippen molar-refractivity contribution in [2.24, 2.45) is 4.99 Å². The lowest BCUT2D eigenvalue weighted by Crippen LogP contribution is -2.18. The molecule has 2 heterocycles. The fourth-order valence-corrected chi connectivity index (χ4v) is 4.09. The minimum absolute atomic E-state index is 0.125. The van der Waals surface area contributed by atoms with E-state index in [1.807, 2.05) is 13.8 Å². The lowest BCUT2D eigenvalue weighted by molar-refractivity contribution is 0.0986. The molecule has 0 unspecified atom stereocenters. The molecule has 24 heavy (non-hydrogen) atoms. The highest BCUT2D eigenvalue weighted by molar-refractivity contribution is 7.16. The van der Waals surface area contributed by atoms with Gasteiger partial charge in [0.1, 0.15) is 5.69 Å². The molecule has 0 atom stereocenters. The number of aryl methyl sites for hydroxylation is 3. The summed E-state index contributed by atoms with van der Waals surface area (Å²) in [6.07, 6.45) is 1.65. The molecule has 0 saturated carbocycles. The molecule has 0 bridgehead atoms. The maximum absolute atomic E-state index is 12.7. The lowest BCUT2D eigenvalue weighted by Gasteiger charge is -2.07. The van der Waals surface area contributed by atoms with Gasteiger partial charge in [-0.15, -0.1) is 0 Å². The Labute approximate surface area is 145 Å². The van der Waals surface area contributed by atoms with Gasteiger partial charge in [0.2, 0.25) is 0 Å². The number of fused-ring (bicyclic) bond motifs is 1. The van der Waals surface area contributed by atoms with Crippen molar-refractivity contribution in [2.45, 2.75) is 47.2 Å². The summed E-state index contributed by atoms with van der Waals surface area (Å²) in [5.41, 5.74) is 4.11. The standard InChI is InChI=1S/C18H22N4OS/c1-6-21-15-10-12(4)9-13(5)16(15)24-18(21)20-17(23)14-7-8-19-22(14)11(2)3/h7-11H,6H2,1-5H3. The second kappa shape index (κ2) is 6.36. The maximum atomic E-state index is 12.7. The smallest absolute Gasteiger partial charge is 0.297 e. The molecule has 0 spiro atoms. The predicted octanol–water partition coefficient (Wildman–Crippen LogP) is 3.86. The molecule has 2 aromatic heterocycles. The van der Waals surface area contributed by atoms with Gasteiger partial charge in [-0.1, -0.05) is 17.4 Å². The van der Waals surface area contributed by atoms with Gasteiger partial charge >= 0.3 is 0 Å². The minimum atomic E-state index is -0.246. The molecule has 1 amide bonds. The molecular weight excluding hydrogens is 320 g/mol. The third-order valence-corrected chi connectivity index (χ3v) is 5.24. The summed E-state index contributed by atoms with van der Waals surface area (Å²) in [7, 11) is 0. The second-order valence-electron chi connectivity index (χ2n) is 6.23. The van der Waals surface area contributed by atoms with Crippen molar-refractivity contribution >= 4 is 27.5 Å².